The highest BCUT2D eigenvalue weighted by atomic mass is 16.5. The van der Waals surface area contributed by atoms with Crippen molar-refractivity contribution < 1.29 is 9.47 Å². The number of ether oxygens (including phenoxy) is 2. The monoisotopic (exact) mass is 271 g/mol. The van der Waals surface area contributed by atoms with E-state index in [2.05, 4.69) is 13.0 Å². The summed E-state index contributed by atoms with van der Waals surface area (Å²) in [6.07, 6.45) is 0.952. The van der Waals surface area contributed by atoms with E-state index in [1.165, 1.54) is 5.56 Å². The normalized spacial score (nSPS) is 11.9. The molecule has 20 heavy (non-hydrogen) atoms. The van der Waals surface area contributed by atoms with E-state index in [0.29, 0.717) is 6.61 Å². The fraction of sp³-hybridized carbons (Fsp3) is 0.294. The van der Waals surface area contributed by atoms with Crippen molar-refractivity contribution in [1.29, 1.82) is 0 Å². The molecule has 0 aliphatic rings. The zero-order valence-electron chi connectivity index (χ0n) is 12.0. The van der Waals surface area contributed by atoms with E-state index in [0.717, 1.165) is 23.5 Å². The highest BCUT2D eigenvalue weighted by Crippen LogP contribution is 2.21. The number of benzene rings is 2. The second kappa shape index (κ2) is 6.96. The number of methoxy groups -OCH3 is 1. The second-order valence-electron chi connectivity index (χ2n) is 4.65. The van der Waals surface area contributed by atoms with E-state index >= 15 is 0 Å². The molecule has 0 amide bonds. The molecule has 106 valence electrons. The summed E-state index contributed by atoms with van der Waals surface area (Å²) in [5, 5.41) is 0. The Hall–Kier alpha value is -2.00. The fourth-order valence-corrected chi connectivity index (χ4v) is 2.06. The first-order valence-electron chi connectivity index (χ1n) is 6.84. The summed E-state index contributed by atoms with van der Waals surface area (Å²) >= 11 is 0. The highest BCUT2D eigenvalue weighted by molar-refractivity contribution is 5.33. The van der Waals surface area contributed by atoms with Crippen molar-refractivity contribution in [2.45, 2.75) is 19.4 Å². The van der Waals surface area contributed by atoms with Crippen LogP contribution in [-0.4, -0.2) is 13.7 Å². The summed E-state index contributed by atoms with van der Waals surface area (Å²) in [4.78, 5) is 0. The second-order valence-corrected chi connectivity index (χ2v) is 4.65. The Morgan fingerprint density at radius 2 is 1.75 bits per heavy atom. The maximum absolute atomic E-state index is 6.16. The Morgan fingerprint density at radius 1 is 1.05 bits per heavy atom. The molecule has 2 aromatic carbocycles. The lowest BCUT2D eigenvalue weighted by Crippen LogP contribution is -2.19. The van der Waals surface area contributed by atoms with Gasteiger partial charge in [0.25, 0.3) is 0 Å². The molecule has 1 unspecified atom stereocenters. The summed E-state index contributed by atoms with van der Waals surface area (Å²) in [6.45, 7) is 2.58. The van der Waals surface area contributed by atoms with Crippen molar-refractivity contribution in [3.63, 3.8) is 0 Å². The molecule has 3 nitrogen and oxygen atoms in total. The van der Waals surface area contributed by atoms with Crippen molar-refractivity contribution in [1.82, 2.24) is 0 Å². The van der Waals surface area contributed by atoms with Crippen molar-refractivity contribution in [3.05, 3.63) is 59.7 Å². The van der Waals surface area contributed by atoms with Crippen molar-refractivity contribution in [2.24, 2.45) is 5.73 Å². The van der Waals surface area contributed by atoms with E-state index in [1.54, 1.807) is 7.11 Å². The van der Waals surface area contributed by atoms with Gasteiger partial charge >= 0.3 is 0 Å². The lowest BCUT2D eigenvalue weighted by molar-refractivity contribution is 0.288. The van der Waals surface area contributed by atoms with Gasteiger partial charge in [-0.05, 0) is 35.7 Å². The van der Waals surface area contributed by atoms with Gasteiger partial charge in [-0.15, -0.1) is 0 Å². The van der Waals surface area contributed by atoms with Crippen LogP contribution in [0.25, 0.3) is 0 Å². The quantitative estimate of drug-likeness (QED) is 0.876. The lowest BCUT2D eigenvalue weighted by Gasteiger charge is -2.15. The number of para-hydroxylation sites is 1. The van der Waals surface area contributed by atoms with Crippen molar-refractivity contribution >= 4 is 0 Å². The van der Waals surface area contributed by atoms with Crippen LogP contribution in [0.4, 0.5) is 0 Å². The maximum atomic E-state index is 6.16. The molecule has 0 saturated carbocycles. The number of rotatable bonds is 6. The molecule has 0 fully saturated rings. The van der Waals surface area contributed by atoms with Gasteiger partial charge < -0.3 is 15.2 Å². The van der Waals surface area contributed by atoms with Crippen LogP contribution in [0.15, 0.2) is 48.5 Å². The molecule has 0 spiro atoms. The third-order valence-electron chi connectivity index (χ3n) is 3.32. The minimum atomic E-state index is -0.147. The molecule has 2 aromatic rings. The van der Waals surface area contributed by atoms with E-state index in [1.807, 2.05) is 42.5 Å². The highest BCUT2D eigenvalue weighted by Gasteiger charge is 2.08. The van der Waals surface area contributed by atoms with Crippen molar-refractivity contribution in [2.75, 3.05) is 13.7 Å². The molecule has 2 N–H and O–H groups in total. The van der Waals surface area contributed by atoms with Crippen LogP contribution in [0.3, 0.4) is 0 Å². The Balaban J connectivity index is 1.98. The lowest BCUT2D eigenvalue weighted by atomic mass is 10.1. The predicted octanol–water partition coefficient (Wildman–Crippen LogP) is 3.34. The average molecular weight is 271 g/mol. The van der Waals surface area contributed by atoms with Gasteiger partial charge in [0.15, 0.2) is 0 Å². The van der Waals surface area contributed by atoms with Crippen LogP contribution in [0.5, 0.6) is 11.5 Å². The smallest absolute Gasteiger partial charge is 0.122 e. The van der Waals surface area contributed by atoms with Gasteiger partial charge in [-0.25, -0.2) is 0 Å². The molecule has 0 heterocycles. The maximum Gasteiger partial charge on any atom is 0.122 e. The Labute approximate surface area is 120 Å². The summed E-state index contributed by atoms with van der Waals surface area (Å²) in [5.74, 6) is 1.75. The molecule has 0 aromatic heterocycles. The third-order valence-corrected chi connectivity index (χ3v) is 3.32. The molecular weight excluding hydrogens is 250 g/mol. The van der Waals surface area contributed by atoms with Gasteiger partial charge in [0.2, 0.25) is 0 Å². The molecule has 0 aliphatic heterocycles. The van der Waals surface area contributed by atoms with E-state index in [9.17, 15) is 0 Å². The predicted molar refractivity (Wildman–Crippen MR) is 81.2 cm³/mol. The molecule has 2 rings (SSSR count). The van der Waals surface area contributed by atoms with Gasteiger partial charge in [0.05, 0.1) is 13.2 Å². The Kier molecular flexibility index (Phi) is 5.02. The Morgan fingerprint density at radius 3 is 2.40 bits per heavy atom. The SMILES string of the molecule is CCc1ccccc1OCC(N)c1ccc(OC)cc1. The third kappa shape index (κ3) is 3.52. The number of aryl methyl sites for hydroxylation is 1. The van der Waals surface area contributed by atoms with Crippen LogP contribution >= 0.6 is 0 Å². The summed E-state index contributed by atoms with van der Waals surface area (Å²) < 4.78 is 11.0. The standard InChI is InChI=1S/C17H21NO2/c1-3-13-6-4-5-7-17(13)20-12-16(18)14-8-10-15(19-2)11-9-14/h4-11,16H,3,12,18H2,1-2H3. The van der Waals surface area contributed by atoms with Gasteiger partial charge in [-0.1, -0.05) is 37.3 Å². The van der Waals surface area contributed by atoms with Gasteiger partial charge in [0.1, 0.15) is 18.1 Å². The van der Waals surface area contributed by atoms with Gasteiger partial charge in [0, 0.05) is 0 Å². The largest absolute Gasteiger partial charge is 0.497 e. The van der Waals surface area contributed by atoms with Crippen LogP contribution in [0.1, 0.15) is 24.1 Å². The van der Waals surface area contributed by atoms with Crippen molar-refractivity contribution in [3.8, 4) is 11.5 Å². The molecule has 0 saturated heterocycles. The van der Waals surface area contributed by atoms with Crippen LogP contribution < -0.4 is 15.2 Å². The van der Waals surface area contributed by atoms with Crippen LogP contribution in [0, 0.1) is 0 Å². The number of nitrogens with two attached hydrogens (primary N) is 1. The number of hydrogen-bond acceptors (Lipinski definition) is 3. The Bertz CT molecular complexity index is 537. The summed E-state index contributed by atoms with van der Waals surface area (Å²) in [5.41, 5.74) is 8.40. The molecule has 1 atom stereocenters. The van der Waals surface area contributed by atoms with E-state index in [-0.39, 0.29) is 6.04 Å². The topological polar surface area (TPSA) is 44.5 Å². The molecule has 3 heteroatoms. The molecular formula is C17H21NO2. The first-order chi connectivity index (χ1) is 9.74. The van der Waals surface area contributed by atoms with Crippen LogP contribution in [0.2, 0.25) is 0 Å². The zero-order chi connectivity index (χ0) is 14.4. The average Bonchev–Trinajstić information content (AvgIpc) is 2.53. The van der Waals surface area contributed by atoms with Crippen LogP contribution in [-0.2, 0) is 6.42 Å². The molecule has 0 bridgehead atoms. The minimum absolute atomic E-state index is 0.147. The van der Waals surface area contributed by atoms with E-state index in [4.69, 9.17) is 15.2 Å². The zero-order valence-corrected chi connectivity index (χ0v) is 12.0. The molecule has 0 radical (unpaired) electrons. The molecule has 0 aliphatic carbocycles. The summed E-state index contributed by atoms with van der Waals surface area (Å²) in [6, 6.07) is 15.7. The minimum Gasteiger partial charge on any atom is -0.497 e. The van der Waals surface area contributed by atoms with E-state index < -0.39 is 0 Å². The number of hydrogen-bond donors (Lipinski definition) is 1. The van der Waals surface area contributed by atoms with Gasteiger partial charge in [-0.3, -0.25) is 0 Å². The van der Waals surface area contributed by atoms with Gasteiger partial charge in [-0.2, -0.15) is 0 Å². The first kappa shape index (κ1) is 14.4. The summed E-state index contributed by atoms with van der Waals surface area (Å²) in [7, 11) is 1.65. The fourth-order valence-electron chi connectivity index (χ4n) is 2.06. The first-order valence-corrected chi connectivity index (χ1v) is 6.84.